The van der Waals surface area contributed by atoms with Gasteiger partial charge in [0.15, 0.2) is 0 Å². The van der Waals surface area contributed by atoms with Crippen LogP contribution in [0.15, 0.2) is 18.2 Å². The molecule has 1 aromatic carbocycles. The molecule has 1 fully saturated rings. The zero-order valence-electron chi connectivity index (χ0n) is 19.0. The smallest absolute Gasteiger partial charge is 0.414 e. The van der Waals surface area contributed by atoms with E-state index in [1.165, 1.54) is 0 Å². The molecule has 1 amide bonds. The lowest BCUT2D eigenvalue weighted by Gasteiger charge is -2.33. The van der Waals surface area contributed by atoms with Gasteiger partial charge in [0.1, 0.15) is 0 Å². The Hall–Kier alpha value is -1.87. The van der Waals surface area contributed by atoms with Crippen LogP contribution in [0.2, 0.25) is 10.0 Å². The molecule has 1 aromatic rings. The summed E-state index contributed by atoms with van der Waals surface area (Å²) >= 11 is 12.1. The largest absolute Gasteiger partial charge is 0.473 e. The van der Waals surface area contributed by atoms with Crippen molar-refractivity contribution in [1.29, 1.82) is 0 Å². The van der Waals surface area contributed by atoms with Crippen LogP contribution in [0.1, 0.15) is 32.3 Å². The van der Waals surface area contributed by atoms with Crippen molar-refractivity contribution < 1.29 is 24.6 Å². The van der Waals surface area contributed by atoms with Crippen molar-refractivity contribution in [2.45, 2.75) is 33.2 Å². The van der Waals surface area contributed by atoms with E-state index in [-0.39, 0.29) is 17.2 Å². The van der Waals surface area contributed by atoms with Crippen LogP contribution in [0.5, 0.6) is 0 Å². The number of halogens is 2. The Morgan fingerprint density at radius 2 is 1.66 bits per heavy atom. The quantitative estimate of drug-likeness (QED) is 0.504. The Morgan fingerprint density at radius 3 is 2.12 bits per heavy atom. The monoisotopic (exact) mass is 489 g/mol. The standard InChI is InChI=1S/C20H31Cl2N3O.C2H2O4/c1-20(2,14-24(3)4)13-23-19(26)16-7-9-25(10-8-16)12-15-5-6-17(21)18(22)11-15;3-1(4)2(5)6/h5-6,11,16H,7-10,12-14H2,1-4H3,(H,23,26);(H,3,4)(H,5,6). The number of carboxylic acids is 2. The van der Waals surface area contributed by atoms with Crippen molar-refractivity contribution in [3.05, 3.63) is 33.8 Å². The van der Waals surface area contributed by atoms with Gasteiger partial charge in [0, 0.05) is 25.6 Å². The molecule has 0 radical (unpaired) electrons. The first-order chi connectivity index (χ1) is 14.8. The number of carbonyl (C=O) groups excluding carboxylic acids is 1. The predicted molar refractivity (Wildman–Crippen MR) is 125 cm³/mol. The van der Waals surface area contributed by atoms with Gasteiger partial charge in [0.25, 0.3) is 0 Å². The highest BCUT2D eigenvalue weighted by Crippen LogP contribution is 2.25. The Labute approximate surface area is 199 Å². The minimum absolute atomic E-state index is 0.0771. The summed E-state index contributed by atoms with van der Waals surface area (Å²) in [7, 11) is 4.13. The molecule has 0 atom stereocenters. The molecular formula is C22H33Cl2N3O5. The zero-order valence-corrected chi connectivity index (χ0v) is 20.5. The number of benzene rings is 1. The number of carbonyl (C=O) groups is 3. The van der Waals surface area contributed by atoms with Crippen LogP contribution >= 0.6 is 23.2 Å². The molecular weight excluding hydrogens is 457 g/mol. The van der Waals surface area contributed by atoms with E-state index in [2.05, 4.69) is 43.1 Å². The van der Waals surface area contributed by atoms with Gasteiger partial charge >= 0.3 is 11.9 Å². The lowest BCUT2D eigenvalue weighted by molar-refractivity contribution is -0.159. The summed E-state index contributed by atoms with van der Waals surface area (Å²) in [4.78, 5) is 35.2. The first-order valence-corrected chi connectivity index (χ1v) is 11.1. The Bertz CT molecular complexity index is 782. The fraction of sp³-hybridized carbons (Fsp3) is 0.591. The van der Waals surface area contributed by atoms with Gasteiger partial charge in [-0.2, -0.15) is 0 Å². The van der Waals surface area contributed by atoms with E-state index in [1.807, 2.05) is 18.2 Å². The third kappa shape index (κ3) is 10.6. The van der Waals surface area contributed by atoms with Crippen LogP contribution in [-0.4, -0.2) is 78.1 Å². The summed E-state index contributed by atoms with van der Waals surface area (Å²) in [5, 5.41) is 19.1. The molecule has 1 aliphatic heterocycles. The third-order valence-corrected chi connectivity index (χ3v) is 5.76. The van der Waals surface area contributed by atoms with Crippen molar-refractivity contribution in [3.8, 4) is 0 Å². The molecule has 0 unspecified atom stereocenters. The summed E-state index contributed by atoms with van der Waals surface area (Å²) in [6.45, 7) is 8.75. The molecule has 0 spiro atoms. The number of aliphatic carboxylic acids is 2. The van der Waals surface area contributed by atoms with Crippen LogP contribution in [0.3, 0.4) is 0 Å². The number of likely N-dealkylation sites (tertiary alicyclic amines) is 1. The second-order valence-corrected chi connectivity index (χ2v) is 9.84. The number of amides is 1. The average molecular weight is 490 g/mol. The molecule has 0 aliphatic carbocycles. The molecule has 1 aliphatic rings. The first-order valence-electron chi connectivity index (χ1n) is 10.4. The number of nitrogens with zero attached hydrogens (tertiary/aromatic N) is 2. The van der Waals surface area contributed by atoms with E-state index in [4.69, 9.17) is 43.0 Å². The van der Waals surface area contributed by atoms with Crippen LogP contribution in [-0.2, 0) is 20.9 Å². The number of rotatable bonds is 7. The van der Waals surface area contributed by atoms with E-state index in [0.29, 0.717) is 16.6 Å². The van der Waals surface area contributed by atoms with Crippen molar-refractivity contribution in [3.63, 3.8) is 0 Å². The van der Waals surface area contributed by atoms with Crippen LogP contribution in [0.25, 0.3) is 0 Å². The number of hydrogen-bond donors (Lipinski definition) is 3. The highest BCUT2D eigenvalue weighted by molar-refractivity contribution is 6.42. The number of nitrogens with one attached hydrogen (secondary N) is 1. The summed E-state index contributed by atoms with van der Waals surface area (Å²) in [5.74, 6) is -3.33. The molecule has 32 heavy (non-hydrogen) atoms. The van der Waals surface area contributed by atoms with Crippen molar-refractivity contribution in [2.75, 3.05) is 40.3 Å². The second-order valence-electron chi connectivity index (χ2n) is 9.03. The van der Waals surface area contributed by atoms with Gasteiger partial charge in [-0.25, -0.2) is 9.59 Å². The van der Waals surface area contributed by atoms with E-state index in [9.17, 15) is 4.79 Å². The van der Waals surface area contributed by atoms with Gasteiger partial charge in [-0.15, -0.1) is 0 Å². The van der Waals surface area contributed by atoms with Crippen LogP contribution < -0.4 is 5.32 Å². The SMILES string of the molecule is CN(C)CC(C)(C)CNC(=O)C1CCN(Cc2ccc(Cl)c(Cl)c2)CC1.O=C(O)C(=O)O. The van der Waals surface area contributed by atoms with Gasteiger partial charge in [-0.3, -0.25) is 9.69 Å². The Balaban J connectivity index is 0.000000751. The average Bonchev–Trinajstić information content (AvgIpc) is 2.69. The summed E-state index contributed by atoms with van der Waals surface area (Å²) in [6, 6.07) is 5.78. The highest BCUT2D eigenvalue weighted by atomic mass is 35.5. The predicted octanol–water partition coefficient (Wildman–Crippen LogP) is 3.07. The van der Waals surface area contributed by atoms with Crippen molar-refractivity contribution >= 4 is 41.0 Å². The molecule has 3 N–H and O–H groups in total. The third-order valence-electron chi connectivity index (χ3n) is 5.02. The second kappa shape index (κ2) is 13.0. The fourth-order valence-corrected chi connectivity index (χ4v) is 3.95. The molecule has 2 rings (SSSR count). The van der Waals surface area contributed by atoms with Gasteiger partial charge in [-0.1, -0.05) is 43.1 Å². The normalized spacial score (nSPS) is 15.1. The zero-order chi connectivity index (χ0) is 24.5. The molecule has 8 nitrogen and oxygen atoms in total. The number of piperidine rings is 1. The van der Waals surface area contributed by atoms with Gasteiger partial charge < -0.3 is 20.4 Å². The topological polar surface area (TPSA) is 110 Å². The van der Waals surface area contributed by atoms with Crippen LogP contribution in [0, 0.1) is 11.3 Å². The summed E-state index contributed by atoms with van der Waals surface area (Å²) in [5.41, 5.74) is 1.24. The van der Waals surface area contributed by atoms with Gasteiger partial charge in [-0.05, 0) is 63.1 Å². The molecule has 0 aromatic heterocycles. The minimum atomic E-state index is -1.82. The van der Waals surface area contributed by atoms with Crippen molar-refractivity contribution in [1.82, 2.24) is 15.1 Å². The maximum atomic E-state index is 12.5. The van der Waals surface area contributed by atoms with E-state index in [0.717, 1.165) is 44.6 Å². The maximum Gasteiger partial charge on any atom is 0.414 e. The van der Waals surface area contributed by atoms with E-state index >= 15 is 0 Å². The van der Waals surface area contributed by atoms with Gasteiger partial charge in [0.2, 0.25) is 5.91 Å². The molecule has 10 heteroatoms. The highest BCUT2D eigenvalue weighted by Gasteiger charge is 2.27. The lowest BCUT2D eigenvalue weighted by atomic mass is 9.91. The molecule has 0 saturated carbocycles. The molecule has 1 heterocycles. The summed E-state index contributed by atoms with van der Waals surface area (Å²) < 4.78 is 0. The van der Waals surface area contributed by atoms with E-state index < -0.39 is 11.9 Å². The number of carboxylic acid groups (broad SMARTS) is 2. The number of hydrogen-bond acceptors (Lipinski definition) is 5. The molecule has 0 bridgehead atoms. The van der Waals surface area contributed by atoms with Crippen molar-refractivity contribution in [2.24, 2.45) is 11.3 Å². The summed E-state index contributed by atoms with van der Waals surface area (Å²) in [6.07, 6.45) is 1.81. The first kappa shape index (κ1) is 28.2. The fourth-order valence-electron chi connectivity index (χ4n) is 3.63. The Kier molecular flexibility index (Phi) is 11.4. The molecule has 180 valence electrons. The van der Waals surface area contributed by atoms with E-state index in [1.54, 1.807) is 0 Å². The van der Waals surface area contributed by atoms with Gasteiger partial charge in [0.05, 0.1) is 10.0 Å². The minimum Gasteiger partial charge on any atom is -0.473 e. The Morgan fingerprint density at radius 1 is 1.09 bits per heavy atom. The maximum absolute atomic E-state index is 12.5. The lowest BCUT2D eigenvalue weighted by Crippen LogP contribution is -2.44. The molecule has 1 saturated heterocycles. The van der Waals surface area contributed by atoms with Crippen LogP contribution in [0.4, 0.5) is 0 Å².